The topological polar surface area (TPSA) is 20.3 Å². The molecule has 0 N–H and O–H groups in total. The minimum absolute atomic E-state index is 0.0123. The van der Waals surface area contributed by atoms with Gasteiger partial charge in [-0.3, -0.25) is 4.79 Å². The van der Waals surface area contributed by atoms with Crippen LogP contribution < -0.4 is 4.90 Å². The number of halogens is 1. The molecule has 1 aliphatic heterocycles. The Morgan fingerprint density at radius 3 is 2.08 bits per heavy atom. The van der Waals surface area contributed by atoms with E-state index in [1.807, 2.05) is 60.7 Å². The van der Waals surface area contributed by atoms with Gasteiger partial charge in [0.25, 0.3) is 0 Å². The summed E-state index contributed by atoms with van der Waals surface area (Å²) in [6.07, 6.45) is 0.762. The molecule has 0 aliphatic carbocycles. The molecule has 0 atom stereocenters. The standard InChI is InChI=1S/C22H18FNO/c23-19-12-11-16-13-14-24(20(16)15-19)22(25)21(17-7-3-1-4-8-17)18-9-5-2-6-10-18/h1-12,15,21H,13-14H2. The molecule has 1 amide bonds. The molecule has 0 bridgehead atoms. The average Bonchev–Trinajstić information content (AvgIpc) is 3.07. The molecule has 3 heteroatoms. The first kappa shape index (κ1) is 15.6. The highest BCUT2D eigenvalue weighted by atomic mass is 19.1. The number of hydrogen-bond donors (Lipinski definition) is 0. The second-order valence-electron chi connectivity index (χ2n) is 6.27. The number of benzene rings is 3. The molecule has 1 heterocycles. The lowest BCUT2D eigenvalue weighted by atomic mass is 9.90. The zero-order valence-electron chi connectivity index (χ0n) is 13.7. The van der Waals surface area contributed by atoms with Crippen molar-refractivity contribution in [3.8, 4) is 0 Å². The maximum absolute atomic E-state index is 13.7. The highest BCUT2D eigenvalue weighted by Crippen LogP contribution is 2.34. The molecule has 124 valence electrons. The maximum atomic E-state index is 13.7. The molecule has 25 heavy (non-hydrogen) atoms. The molecule has 4 rings (SSSR count). The number of rotatable bonds is 3. The van der Waals surface area contributed by atoms with Crippen molar-refractivity contribution >= 4 is 11.6 Å². The smallest absolute Gasteiger partial charge is 0.239 e. The third kappa shape index (κ3) is 2.93. The van der Waals surface area contributed by atoms with Crippen molar-refractivity contribution in [1.29, 1.82) is 0 Å². The molecule has 0 saturated carbocycles. The summed E-state index contributed by atoms with van der Waals surface area (Å²) in [6, 6.07) is 24.2. The summed E-state index contributed by atoms with van der Waals surface area (Å²) >= 11 is 0. The first-order valence-electron chi connectivity index (χ1n) is 8.44. The first-order chi connectivity index (χ1) is 12.2. The number of fused-ring (bicyclic) bond motifs is 1. The minimum Gasteiger partial charge on any atom is -0.311 e. The van der Waals surface area contributed by atoms with Crippen LogP contribution in [0, 0.1) is 5.82 Å². The number of hydrogen-bond acceptors (Lipinski definition) is 1. The van der Waals surface area contributed by atoms with Gasteiger partial charge in [0.15, 0.2) is 0 Å². The van der Waals surface area contributed by atoms with Gasteiger partial charge < -0.3 is 4.90 Å². The fourth-order valence-corrected chi connectivity index (χ4v) is 3.51. The number of amides is 1. The van der Waals surface area contributed by atoms with E-state index in [-0.39, 0.29) is 11.7 Å². The monoisotopic (exact) mass is 331 g/mol. The Morgan fingerprint density at radius 1 is 0.880 bits per heavy atom. The summed E-state index contributed by atoms with van der Waals surface area (Å²) < 4.78 is 13.7. The first-order valence-corrected chi connectivity index (χ1v) is 8.44. The van der Waals surface area contributed by atoms with E-state index in [1.54, 1.807) is 11.0 Å². The third-order valence-corrected chi connectivity index (χ3v) is 4.72. The summed E-state index contributed by atoms with van der Waals surface area (Å²) in [5.74, 6) is -0.715. The van der Waals surface area contributed by atoms with Crippen molar-refractivity contribution in [3.63, 3.8) is 0 Å². The SMILES string of the molecule is O=C(C(c1ccccc1)c1ccccc1)N1CCc2ccc(F)cc21. The molecule has 0 spiro atoms. The van der Waals surface area contributed by atoms with E-state index in [4.69, 9.17) is 0 Å². The van der Waals surface area contributed by atoms with Crippen LogP contribution in [-0.2, 0) is 11.2 Å². The molecule has 0 fully saturated rings. The van der Waals surface area contributed by atoms with Crippen LogP contribution in [0.2, 0.25) is 0 Å². The van der Waals surface area contributed by atoms with Crippen molar-refractivity contribution < 1.29 is 9.18 Å². The van der Waals surface area contributed by atoms with Crippen molar-refractivity contribution in [2.24, 2.45) is 0 Å². The van der Waals surface area contributed by atoms with Gasteiger partial charge in [0.1, 0.15) is 5.82 Å². The van der Waals surface area contributed by atoms with Gasteiger partial charge >= 0.3 is 0 Å². The molecule has 0 radical (unpaired) electrons. The van der Waals surface area contributed by atoms with E-state index in [1.165, 1.54) is 12.1 Å². The molecule has 0 saturated heterocycles. The van der Waals surface area contributed by atoms with Crippen LogP contribution in [0.1, 0.15) is 22.6 Å². The quantitative estimate of drug-likeness (QED) is 0.690. The van der Waals surface area contributed by atoms with E-state index in [9.17, 15) is 9.18 Å². The molecule has 1 aliphatic rings. The summed E-state index contributed by atoms with van der Waals surface area (Å²) in [5.41, 5.74) is 3.61. The van der Waals surface area contributed by atoms with E-state index >= 15 is 0 Å². The van der Waals surface area contributed by atoms with Crippen LogP contribution in [0.15, 0.2) is 78.9 Å². The Morgan fingerprint density at radius 2 is 1.48 bits per heavy atom. The van der Waals surface area contributed by atoms with Crippen molar-refractivity contribution in [2.75, 3.05) is 11.4 Å². The van der Waals surface area contributed by atoms with E-state index in [2.05, 4.69) is 0 Å². The van der Waals surface area contributed by atoms with Crippen LogP contribution in [0.5, 0.6) is 0 Å². The van der Waals surface area contributed by atoms with Crippen LogP contribution in [0.25, 0.3) is 0 Å². The normalized spacial score (nSPS) is 13.1. The van der Waals surface area contributed by atoms with Gasteiger partial charge in [-0.05, 0) is 35.2 Å². The van der Waals surface area contributed by atoms with E-state index in [0.29, 0.717) is 12.2 Å². The summed E-state index contributed by atoms with van der Waals surface area (Å²) in [5, 5.41) is 0. The Hall–Kier alpha value is -2.94. The van der Waals surface area contributed by atoms with Crippen LogP contribution in [0.3, 0.4) is 0 Å². The Kier molecular flexibility index (Phi) is 4.06. The predicted molar refractivity (Wildman–Crippen MR) is 97.2 cm³/mol. The fraction of sp³-hybridized carbons (Fsp3) is 0.136. The van der Waals surface area contributed by atoms with Gasteiger partial charge in [-0.2, -0.15) is 0 Å². The van der Waals surface area contributed by atoms with Crippen molar-refractivity contribution in [3.05, 3.63) is 101 Å². The number of anilines is 1. The van der Waals surface area contributed by atoms with Gasteiger partial charge in [0.05, 0.1) is 5.92 Å². The molecule has 0 aromatic heterocycles. The van der Waals surface area contributed by atoms with Crippen LogP contribution >= 0.6 is 0 Å². The highest BCUT2D eigenvalue weighted by molar-refractivity contribution is 6.01. The zero-order chi connectivity index (χ0) is 17.2. The lowest BCUT2D eigenvalue weighted by molar-refractivity contribution is -0.119. The zero-order valence-corrected chi connectivity index (χ0v) is 13.7. The van der Waals surface area contributed by atoms with Crippen LogP contribution in [0.4, 0.5) is 10.1 Å². The summed E-state index contributed by atoms with van der Waals surface area (Å²) in [4.78, 5) is 15.1. The van der Waals surface area contributed by atoms with Crippen molar-refractivity contribution in [1.82, 2.24) is 0 Å². The molecule has 3 aromatic rings. The van der Waals surface area contributed by atoms with Gasteiger partial charge in [-0.15, -0.1) is 0 Å². The minimum atomic E-state index is -0.392. The molecule has 0 unspecified atom stereocenters. The fourth-order valence-electron chi connectivity index (χ4n) is 3.51. The maximum Gasteiger partial charge on any atom is 0.239 e. The molecule has 3 aromatic carbocycles. The summed E-state index contributed by atoms with van der Waals surface area (Å²) in [7, 11) is 0. The lowest BCUT2D eigenvalue weighted by Gasteiger charge is -2.25. The average molecular weight is 331 g/mol. The van der Waals surface area contributed by atoms with E-state index in [0.717, 1.165) is 23.1 Å². The lowest BCUT2D eigenvalue weighted by Crippen LogP contribution is -2.34. The van der Waals surface area contributed by atoms with Gasteiger partial charge in [0, 0.05) is 12.2 Å². The second kappa shape index (κ2) is 6.52. The largest absolute Gasteiger partial charge is 0.311 e. The Bertz CT molecular complexity index is 853. The number of carbonyl (C=O) groups is 1. The predicted octanol–water partition coefficient (Wildman–Crippen LogP) is 4.55. The number of nitrogens with zero attached hydrogens (tertiary/aromatic N) is 1. The van der Waals surface area contributed by atoms with E-state index < -0.39 is 5.92 Å². The van der Waals surface area contributed by atoms with Gasteiger partial charge in [-0.1, -0.05) is 66.7 Å². The van der Waals surface area contributed by atoms with Gasteiger partial charge in [-0.25, -0.2) is 4.39 Å². The molecular formula is C22H18FNO. The third-order valence-electron chi connectivity index (χ3n) is 4.72. The highest BCUT2D eigenvalue weighted by Gasteiger charge is 2.32. The second-order valence-corrected chi connectivity index (χ2v) is 6.27. The Labute approximate surface area is 146 Å². The number of carbonyl (C=O) groups excluding carboxylic acids is 1. The van der Waals surface area contributed by atoms with Crippen LogP contribution in [-0.4, -0.2) is 12.5 Å². The Balaban J connectivity index is 1.77. The molecular weight excluding hydrogens is 313 g/mol. The van der Waals surface area contributed by atoms with Gasteiger partial charge in [0.2, 0.25) is 5.91 Å². The summed E-state index contributed by atoms with van der Waals surface area (Å²) in [6.45, 7) is 0.591. The van der Waals surface area contributed by atoms with Crippen molar-refractivity contribution in [2.45, 2.75) is 12.3 Å². The molecule has 2 nitrogen and oxygen atoms in total.